The fourth-order valence-corrected chi connectivity index (χ4v) is 1.93. The van der Waals surface area contributed by atoms with E-state index in [4.69, 9.17) is 5.26 Å². The molecule has 0 aliphatic carbocycles. The number of hydrogen-bond donors (Lipinski definition) is 0. The Labute approximate surface area is 89.2 Å². The van der Waals surface area contributed by atoms with Gasteiger partial charge in [-0.3, -0.25) is 0 Å². The van der Waals surface area contributed by atoms with Crippen LogP contribution in [-0.4, -0.2) is 37.4 Å². The van der Waals surface area contributed by atoms with Crippen molar-refractivity contribution in [3.8, 4) is 6.07 Å². The Balaban J connectivity index is 2.46. The molecule has 84 valence electrons. The van der Waals surface area contributed by atoms with Crippen LogP contribution < -0.4 is 0 Å². The van der Waals surface area contributed by atoms with Crippen LogP contribution in [-0.2, 0) is 0 Å². The van der Waals surface area contributed by atoms with Crippen LogP contribution >= 0.6 is 0 Å². The standard InChI is InChI=1S/C11H16F2N2/c1-8(5-14)3-4-9-10(12)6-15(2)7-11(9)13/h9-11H,1,3-4,6-7H2,2H3. The fourth-order valence-electron chi connectivity index (χ4n) is 1.93. The second kappa shape index (κ2) is 5.22. The van der Waals surface area contributed by atoms with Crippen molar-refractivity contribution < 1.29 is 8.78 Å². The third kappa shape index (κ3) is 3.28. The van der Waals surface area contributed by atoms with E-state index in [1.54, 1.807) is 11.9 Å². The van der Waals surface area contributed by atoms with E-state index < -0.39 is 18.3 Å². The van der Waals surface area contributed by atoms with Crippen molar-refractivity contribution in [3.05, 3.63) is 12.2 Å². The molecule has 2 atom stereocenters. The first kappa shape index (κ1) is 12.1. The maximum Gasteiger partial charge on any atom is 0.118 e. The molecule has 1 fully saturated rings. The molecule has 15 heavy (non-hydrogen) atoms. The van der Waals surface area contributed by atoms with Crippen LogP contribution in [0.15, 0.2) is 12.2 Å². The van der Waals surface area contributed by atoms with Crippen molar-refractivity contribution in [2.75, 3.05) is 20.1 Å². The van der Waals surface area contributed by atoms with Crippen LogP contribution in [0.1, 0.15) is 12.8 Å². The zero-order valence-electron chi connectivity index (χ0n) is 8.92. The number of likely N-dealkylation sites (tertiary alicyclic amines) is 1. The summed E-state index contributed by atoms with van der Waals surface area (Å²) >= 11 is 0. The van der Waals surface area contributed by atoms with Crippen molar-refractivity contribution >= 4 is 0 Å². The van der Waals surface area contributed by atoms with Gasteiger partial charge in [-0.05, 0) is 19.9 Å². The predicted molar refractivity (Wildman–Crippen MR) is 54.8 cm³/mol. The molecule has 1 saturated heterocycles. The molecular weight excluding hydrogens is 198 g/mol. The maximum absolute atomic E-state index is 13.5. The molecule has 0 amide bonds. The average Bonchev–Trinajstić information content (AvgIpc) is 2.15. The number of alkyl halides is 2. The lowest BCUT2D eigenvalue weighted by atomic mass is 9.88. The van der Waals surface area contributed by atoms with Crippen molar-refractivity contribution in [1.82, 2.24) is 4.90 Å². The third-order valence-corrected chi connectivity index (χ3v) is 2.84. The summed E-state index contributed by atoms with van der Waals surface area (Å²) in [5.74, 6) is -0.578. The summed E-state index contributed by atoms with van der Waals surface area (Å²) in [6.45, 7) is 4.07. The largest absolute Gasteiger partial charge is 0.301 e. The first-order valence-electron chi connectivity index (χ1n) is 5.09. The lowest BCUT2D eigenvalue weighted by Gasteiger charge is -2.35. The van der Waals surface area contributed by atoms with Gasteiger partial charge in [0.15, 0.2) is 0 Å². The quantitative estimate of drug-likeness (QED) is 0.672. The highest BCUT2D eigenvalue weighted by atomic mass is 19.1. The minimum atomic E-state index is -1.13. The molecule has 0 N–H and O–H groups in total. The van der Waals surface area contributed by atoms with Crippen molar-refractivity contribution in [2.45, 2.75) is 25.2 Å². The highest BCUT2D eigenvalue weighted by Gasteiger charge is 2.35. The van der Waals surface area contributed by atoms with Gasteiger partial charge in [0.25, 0.3) is 0 Å². The van der Waals surface area contributed by atoms with E-state index in [0.717, 1.165) is 0 Å². The fraction of sp³-hybridized carbons (Fsp3) is 0.727. The molecular formula is C11H16F2N2. The minimum Gasteiger partial charge on any atom is -0.301 e. The Hall–Kier alpha value is -0.950. The Morgan fingerprint density at radius 2 is 2.00 bits per heavy atom. The molecule has 2 nitrogen and oxygen atoms in total. The molecule has 1 aliphatic rings. The molecule has 2 unspecified atom stereocenters. The van der Waals surface area contributed by atoms with Gasteiger partial charge in [-0.25, -0.2) is 8.78 Å². The van der Waals surface area contributed by atoms with E-state index in [0.29, 0.717) is 18.4 Å². The minimum absolute atomic E-state index is 0.282. The molecule has 1 aliphatic heterocycles. The van der Waals surface area contributed by atoms with Crippen LogP contribution in [0.4, 0.5) is 8.78 Å². The van der Waals surface area contributed by atoms with Crippen molar-refractivity contribution in [2.24, 2.45) is 5.92 Å². The number of allylic oxidation sites excluding steroid dienone is 1. The van der Waals surface area contributed by atoms with Crippen LogP contribution in [0, 0.1) is 17.2 Å². The van der Waals surface area contributed by atoms with Gasteiger partial charge in [0.2, 0.25) is 0 Å². The molecule has 0 spiro atoms. The smallest absolute Gasteiger partial charge is 0.118 e. The van der Waals surface area contributed by atoms with Gasteiger partial charge in [0.1, 0.15) is 12.3 Å². The SMILES string of the molecule is C=C(C#N)CCC1C(F)CN(C)CC1F. The lowest BCUT2D eigenvalue weighted by Crippen LogP contribution is -2.47. The lowest BCUT2D eigenvalue weighted by molar-refractivity contribution is 0.0247. The monoisotopic (exact) mass is 214 g/mol. The van der Waals surface area contributed by atoms with E-state index >= 15 is 0 Å². The number of hydrogen-bond acceptors (Lipinski definition) is 2. The zero-order chi connectivity index (χ0) is 11.4. The predicted octanol–water partition coefficient (Wildman–Crippen LogP) is 2.08. The molecule has 0 saturated carbocycles. The number of nitriles is 1. The topological polar surface area (TPSA) is 27.0 Å². The zero-order valence-corrected chi connectivity index (χ0v) is 8.92. The molecule has 1 rings (SSSR count). The second-order valence-electron chi connectivity index (χ2n) is 4.17. The van der Waals surface area contributed by atoms with Gasteiger partial charge >= 0.3 is 0 Å². The first-order valence-corrected chi connectivity index (χ1v) is 5.09. The number of nitrogens with zero attached hydrogens (tertiary/aromatic N) is 2. The summed E-state index contributed by atoms with van der Waals surface area (Å²) < 4.78 is 27.0. The average molecular weight is 214 g/mol. The van der Waals surface area contributed by atoms with Crippen LogP contribution in [0.2, 0.25) is 0 Å². The van der Waals surface area contributed by atoms with Crippen LogP contribution in [0.3, 0.4) is 0 Å². The van der Waals surface area contributed by atoms with Gasteiger partial charge < -0.3 is 4.90 Å². The molecule has 0 bridgehead atoms. The molecule has 0 radical (unpaired) electrons. The number of rotatable bonds is 3. The summed E-state index contributed by atoms with van der Waals surface area (Å²) in [7, 11) is 1.71. The molecule has 0 aromatic rings. The Morgan fingerprint density at radius 3 is 2.47 bits per heavy atom. The summed E-state index contributed by atoms with van der Waals surface area (Å²) in [6.07, 6.45) is -1.50. The summed E-state index contributed by atoms with van der Waals surface area (Å²) in [5, 5.41) is 8.49. The third-order valence-electron chi connectivity index (χ3n) is 2.84. The normalized spacial score (nSPS) is 32.3. The summed E-state index contributed by atoms with van der Waals surface area (Å²) in [6, 6.07) is 1.89. The van der Waals surface area contributed by atoms with Crippen molar-refractivity contribution in [1.29, 1.82) is 5.26 Å². The first-order chi connectivity index (χ1) is 7.04. The molecule has 1 heterocycles. The highest BCUT2D eigenvalue weighted by molar-refractivity contribution is 5.15. The van der Waals surface area contributed by atoms with Gasteiger partial charge in [-0.2, -0.15) is 5.26 Å². The maximum atomic E-state index is 13.5. The van der Waals surface area contributed by atoms with E-state index in [2.05, 4.69) is 6.58 Å². The summed E-state index contributed by atoms with van der Waals surface area (Å²) in [4.78, 5) is 1.66. The summed E-state index contributed by atoms with van der Waals surface area (Å²) in [5.41, 5.74) is 0.397. The van der Waals surface area contributed by atoms with Gasteiger partial charge in [-0.1, -0.05) is 6.58 Å². The van der Waals surface area contributed by atoms with Gasteiger partial charge in [0, 0.05) is 24.6 Å². The van der Waals surface area contributed by atoms with Gasteiger partial charge in [0.05, 0.1) is 6.07 Å². The Bertz CT molecular complexity index is 260. The molecule has 0 aromatic heterocycles. The van der Waals surface area contributed by atoms with E-state index in [1.807, 2.05) is 6.07 Å². The Morgan fingerprint density at radius 1 is 1.47 bits per heavy atom. The van der Waals surface area contributed by atoms with Gasteiger partial charge in [-0.15, -0.1) is 0 Å². The van der Waals surface area contributed by atoms with E-state index in [-0.39, 0.29) is 13.1 Å². The number of halogens is 2. The highest BCUT2D eigenvalue weighted by Crippen LogP contribution is 2.27. The van der Waals surface area contributed by atoms with Crippen LogP contribution in [0.5, 0.6) is 0 Å². The van der Waals surface area contributed by atoms with Crippen LogP contribution in [0.25, 0.3) is 0 Å². The van der Waals surface area contributed by atoms with E-state index in [1.165, 1.54) is 0 Å². The molecule has 0 aromatic carbocycles. The Kier molecular flexibility index (Phi) is 4.22. The van der Waals surface area contributed by atoms with E-state index in [9.17, 15) is 8.78 Å². The number of piperidine rings is 1. The second-order valence-corrected chi connectivity index (χ2v) is 4.17. The molecule has 4 heteroatoms. The van der Waals surface area contributed by atoms with Crippen molar-refractivity contribution in [3.63, 3.8) is 0 Å².